The van der Waals surface area contributed by atoms with Crippen LogP contribution in [0.1, 0.15) is 30.7 Å². The number of hydrogen-bond donors (Lipinski definition) is 2. The Kier molecular flexibility index (Phi) is 7.11. The van der Waals surface area contributed by atoms with Gasteiger partial charge < -0.3 is 19.9 Å². The van der Waals surface area contributed by atoms with Crippen molar-refractivity contribution in [3.8, 4) is 0 Å². The van der Waals surface area contributed by atoms with Crippen LogP contribution in [0.3, 0.4) is 0 Å². The van der Waals surface area contributed by atoms with Crippen molar-refractivity contribution >= 4 is 11.6 Å². The van der Waals surface area contributed by atoms with E-state index in [1.807, 2.05) is 0 Å². The number of pyridine rings is 1. The molecule has 3 rings (SSSR count). The number of allylic oxidation sites excluding steroid dienone is 1. The lowest BCUT2D eigenvalue weighted by molar-refractivity contribution is -0.143. The van der Waals surface area contributed by atoms with Crippen LogP contribution in [0.5, 0.6) is 0 Å². The van der Waals surface area contributed by atoms with Gasteiger partial charge in [-0.2, -0.15) is 0 Å². The van der Waals surface area contributed by atoms with Gasteiger partial charge >= 0.3 is 0 Å². The minimum absolute atomic E-state index is 0.103. The van der Waals surface area contributed by atoms with Crippen LogP contribution in [0.4, 0.5) is 10.1 Å². The molecule has 0 saturated carbocycles. The Morgan fingerprint density at radius 3 is 2.82 bits per heavy atom. The largest absolute Gasteiger partial charge is 0.459 e. The molecule has 1 amide bonds. The molecule has 28 heavy (non-hydrogen) atoms. The number of aliphatic hydroxyl groups excluding tert-OH is 1. The Labute approximate surface area is 163 Å². The number of rotatable bonds is 8. The minimum Gasteiger partial charge on any atom is -0.459 e. The fourth-order valence-corrected chi connectivity index (χ4v) is 2.92. The average Bonchev–Trinajstić information content (AvgIpc) is 2.72. The summed E-state index contributed by atoms with van der Waals surface area (Å²) in [5.74, 6) is -0.710. The summed E-state index contributed by atoms with van der Waals surface area (Å²) in [6.45, 7) is 0.518. The number of hydrogen-bond acceptors (Lipinski definition) is 5. The molecule has 0 radical (unpaired) electrons. The summed E-state index contributed by atoms with van der Waals surface area (Å²) in [6, 6.07) is 9.63. The van der Waals surface area contributed by atoms with Crippen LogP contribution < -0.4 is 5.32 Å². The van der Waals surface area contributed by atoms with E-state index in [1.165, 1.54) is 12.1 Å². The lowest BCUT2D eigenvalue weighted by atomic mass is 9.93. The molecular weight excluding hydrogens is 363 g/mol. The van der Waals surface area contributed by atoms with Crippen LogP contribution >= 0.6 is 0 Å². The van der Waals surface area contributed by atoms with Crippen LogP contribution in [-0.2, 0) is 14.3 Å². The average molecular weight is 386 g/mol. The van der Waals surface area contributed by atoms with Crippen molar-refractivity contribution in [2.75, 3.05) is 18.5 Å². The molecule has 0 unspecified atom stereocenters. The van der Waals surface area contributed by atoms with Gasteiger partial charge in [-0.3, -0.25) is 9.78 Å². The fourth-order valence-electron chi connectivity index (χ4n) is 2.92. The van der Waals surface area contributed by atoms with Crippen molar-refractivity contribution in [1.29, 1.82) is 0 Å². The van der Waals surface area contributed by atoms with Gasteiger partial charge in [-0.1, -0.05) is 12.1 Å². The van der Waals surface area contributed by atoms with Crippen LogP contribution in [0.2, 0.25) is 0 Å². The topological polar surface area (TPSA) is 80.7 Å². The highest BCUT2D eigenvalue weighted by Gasteiger charge is 2.28. The molecular formula is C21H23FN2O4. The standard InChI is InChI=1S/C21H23FN2O4/c22-17-7-5-15(6-8-17)16-12-19(21(26)24-18-4-3-9-23-14-18)28-20(13-16)27-11-2-1-10-25/h3-9,12,14,16,20,25H,1-2,10-11,13H2,(H,24,26)/t16-,20+/m1/s1. The zero-order chi connectivity index (χ0) is 19.8. The Bertz CT molecular complexity index is 796. The summed E-state index contributed by atoms with van der Waals surface area (Å²) in [7, 11) is 0. The normalized spacial score (nSPS) is 18.9. The number of carbonyl (C=O) groups excluding carboxylic acids is 1. The predicted octanol–water partition coefficient (Wildman–Crippen LogP) is 3.36. The van der Waals surface area contributed by atoms with Crippen LogP contribution in [0.15, 0.2) is 60.6 Å². The second kappa shape index (κ2) is 9.96. The molecule has 0 saturated heterocycles. The third kappa shape index (κ3) is 5.61. The molecule has 1 aliphatic rings. The first kappa shape index (κ1) is 20.0. The van der Waals surface area contributed by atoms with Gasteiger partial charge in [-0.05, 0) is 48.7 Å². The molecule has 1 aromatic heterocycles. The molecule has 0 aliphatic carbocycles. The molecule has 2 atom stereocenters. The number of carbonyl (C=O) groups is 1. The lowest BCUT2D eigenvalue weighted by Gasteiger charge is -2.29. The van der Waals surface area contributed by atoms with Gasteiger partial charge in [0.1, 0.15) is 5.82 Å². The zero-order valence-electron chi connectivity index (χ0n) is 15.4. The van der Waals surface area contributed by atoms with E-state index in [4.69, 9.17) is 14.6 Å². The van der Waals surface area contributed by atoms with Gasteiger partial charge in [0, 0.05) is 25.1 Å². The summed E-state index contributed by atoms with van der Waals surface area (Å²) in [5.41, 5.74) is 1.43. The van der Waals surface area contributed by atoms with Crippen LogP contribution in [-0.4, -0.2) is 35.5 Å². The van der Waals surface area contributed by atoms with E-state index < -0.39 is 12.2 Å². The maximum Gasteiger partial charge on any atom is 0.290 e. The van der Waals surface area contributed by atoms with Gasteiger partial charge in [0.2, 0.25) is 6.29 Å². The first-order valence-electron chi connectivity index (χ1n) is 9.23. The molecule has 7 heteroatoms. The van der Waals surface area contributed by atoms with Crippen molar-refractivity contribution in [3.05, 3.63) is 72.0 Å². The van der Waals surface area contributed by atoms with E-state index in [9.17, 15) is 9.18 Å². The number of amides is 1. The molecule has 6 nitrogen and oxygen atoms in total. The summed E-state index contributed by atoms with van der Waals surface area (Å²) in [6.07, 6.45) is 6.13. The molecule has 1 aliphatic heterocycles. The molecule has 2 N–H and O–H groups in total. The Morgan fingerprint density at radius 1 is 1.29 bits per heavy atom. The number of aromatic nitrogens is 1. The molecule has 0 bridgehead atoms. The maximum atomic E-state index is 13.3. The second-order valence-electron chi connectivity index (χ2n) is 6.47. The van der Waals surface area contributed by atoms with Crippen molar-refractivity contribution < 1.29 is 23.8 Å². The van der Waals surface area contributed by atoms with Crippen LogP contribution in [0.25, 0.3) is 0 Å². The van der Waals surface area contributed by atoms with Gasteiger partial charge in [0.15, 0.2) is 5.76 Å². The minimum atomic E-state index is -0.603. The van der Waals surface area contributed by atoms with Crippen LogP contribution in [0, 0.1) is 5.82 Å². The fraction of sp³-hybridized carbons (Fsp3) is 0.333. The van der Waals surface area contributed by atoms with Crippen molar-refractivity contribution in [3.63, 3.8) is 0 Å². The van der Waals surface area contributed by atoms with Gasteiger partial charge in [0.25, 0.3) is 5.91 Å². The lowest BCUT2D eigenvalue weighted by Crippen LogP contribution is -2.29. The number of benzene rings is 1. The third-order valence-corrected chi connectivity index (χ3v) is 4.35. The van der Waals surface area contributed by atoms with Gasteiger partial charge in [0.05, 0.1) is 18.5 Å². The number of unbranched alkanes of at least 4 members (excludes halogenated alkanes) is 1. The number of nitrogens with one attached hydrogen (secondary N) is 1. The summed E-state index contributed by atoms with van der Waals surface area (Å²) in [5, 5.41) is 11.6. The summed E-state index contributed by atoms with van der Waals surface area (Å²) >= 11 is 0. The number of nitrogens with zero attached hydrogens (tertiary/aromatic N) is 1. The molecule has 148 valence electrons. The summed E-state index contributed by atoms with van der Waals surface area (Å²) in [4.78, 5) is 16.6. The SMILES string of the molecule is O=C(Nc1cccnc1)C1=C[C@@H](c2ccc(F)cc2)C[C@@H](OCCCCO)O1. The molecule has 0 fully saturated rings. The number of ether oxygens (including phenoxy) is 2. The van der Waals surface area contributed by atoms with Crippen molar-refractivity contribution in [2.24, 2.45) is 0 Å². The molecule has 0 spiro atoms. The van der Waals surface area contributed by atoms with E-state index in [0.717, 1.165) is 5.56 Å². The molecule has 2 aromatic rings. The smallest absolute Gasteiger partial charge is 0.290 e. The Hall–Kier alpha value is -2.77. The Balaban J connectivity index is 1.74. The third-order valence-electron chi connectivity index (χ3n) is 4.35. The van der Waals surface area contributed by atoms with Crippen molar-refractivity contribution in [1.82, 2.24) is 4.98 Å². The van der Waals surface area contributed by atoms with E-state index in [-0.39, 0.29) is 24.1 Å². The highest BCUT2D eigenvalue weighted by Crippen LogP contribution is 2.32. The number of halogens is 1. The monoisotopic (exact) mass is 386 g/mol. The van der Waals surface area contributed by atoms with E-state index in [1.54, 1.807) is 42.7 Å². The number of anilines is 1. The van der Waals surface area contributed by atoms with Gasteiger partial charge in [-0.25, -0.2) is 4.39 Å². The second-order valence-corrected chi connectivity index (χ2v) is 6.47. The molecule has 1 aromatic carbocycles. The summed E-state index contributed by atoms with van der Waals surface area (Å²) < 4.78 is 24.8. The zero-order valence-corrected chi connectivity index (χ0v) is 15.4. The highest BCUT2D eigenvalue weighted by molar-refractivity contribution is 6.02. The molecule has 2 heterocycles. The Morgan fingerprint density at radius 2 is 2.11 bits per heavy atom. The first-order valence-corrected chi connectivity index (χ1v) is 9.23. The van der Waals surface area contributed by atoms with E-state index in [0.29, 0.717) is 31.6 Å². The predicted molar refractivity (Wildman–Crippen MR) is 102 cm³/mol. The van der Waals surface area contributed by atoms with Gasteiger partial charge in [-0.15, -0.1) is 0 Å². The first-order chi connectivity index (χ1) is 13.7. The number of aliphatic hydroxyl groups is 1. The highest BCUT2D eigenvalue weighted by atomic mass is 19.1. The van der Waals surface area contributed by atoms with Crippen molar-refractivity contribution in [2.45, 2.75) is 31.5 Å². The quantitative estimate of drug-likeness (QED) is 0.680. The van der Waals surface area contributed by atoms with E-state index in [2.05, 4.69) is 10.3 Å². The maximum absolute atomic E-state index is 13.3. The van der Waals surface area contributed by atoms with E-state index >= 15 is 0 Å².